The molecule has 0 spiro atoms. The normalized spacial score (nSPS) is 8.70. The fourth-order valence-corrected chi connectivity index (χ4v) is 1.46. The van der Waals surface area contributed by atoms with Crippen LogP contribution in [0.3, 0.4) is 0 Å². The minimum Gasteiger partial charge on any atom is -0.548 e. The number of carbonyl (C=O) groups excluding carboxylic acids is 2. The predicted molar refractivity (Wildman–Crippen MR) is 79.9 cm³/mol. The third-order valence-electron chi connectivity index (χ3n) is 2.42. The Labute approximate surface area is 154 Å². The van der Waals surface area contributed by atoms with Crippen molar-refractivity contribution < 1.29 is 47.1 Å². The number of carbonyl (C=O) groups is 2. The van der Waals surface area contributed by atoms with Crippen LogP contribution < -0.4 is 20.8 Å². The zero-order valence-corrected chi connectivity index (χ0v) is 16.6. The summed E-state index contributed by atoms with van der Waals surface area (Å²) in [6.45, 7) is -0.298. The van der Waals surface area contributed by atoms with Crippen LogP contribution in [0.1, 0.15) is 0 Å². The van der Waals surface area contributed by atoms with Gasteiger partial charge in [-0.3, -0.25) is 0 Å². The van der Waals surface area contributed by atoms with E-state index in [1.54, 1.807) is 24.3 Å². The first kappa shape index (κ1) is 20.9. The maximum absolute atomic E-state index is 10.00. The van der Waals surface area contributed by atoms with Crippen molar-refractivity contribution in [2.24, 2.45) is 0 Å². The molecule has 0 aliphatic rings. The molecule has 2 N–H and O–H groups in total. The van der Waals surface area contributed by atoms with Crippen LogP contribution in [0.4, 0.5) is 11.4 Å². The molecule has 0 heterocycles. The van der Waals surface area contributed by atoms with Crippen molar-refractivity contribution in [3.8, 4) is 0 Å². The summed E-state index contributed by atoms with van der Waals surface area (Å²) in [6.07, 6.45) is 0. The topological polar surface area (TPSA) is 104 Å². The second kappa shape index (κ2) is 12.4. The molecule has 0 bridgehead atoms. The number of rotatable bonds is 6. The van der Waals surface area contributed by atoms with Crippen LogP contribution in [0.2, 0.25) is 0 Å². The van der Waals surface area contributed by atoms with Crippen molar-refractivity contribution in [3.63, 3.8) is 0 Å². The molecular formula is C16H16CdN2O4. The van der Waals surface area contributed by atoms with Crippen LogP contribution in [-0.4, -0.2) is 25.0 Å². The zero-order chi connectivity index (χ0) is 16.2. The van der Waals surface area contributed by atoms with Gasteiger partial charge in [0, 0.05) is 11.4 Å². The Morgan fingerprint density at radius 3 is 1.26 bits per heavy atom. The molecule has 0 amide bonds. The average molecular weight is 413 g/mol. The fourth-order valence-electron chi connectivity index (χ4n) is 1.46. The van der Waals surface area contributed by atoms with Gasteiger partial charge in [0.25, 0.3) is 0 Å². The van der Waals surface area contributed by atoms with E-state index in [1.165, 1.54) is 0 Å². The minimum absolute atomic E-state index is 0. The number of para-hydroxylation sites is 2. The maximum atomic E-state index is 10.00. The van der Waals surface area contributed by atoms with Crippen LogP contribution in [0.5, 0.6) is 0 Å². The van der Waals surface area contributed by atoms with Gasteiger partial charge in [-0.05, 0) is 24.3 Å². The van der Waals surface area contributed by atoms with Gasteiger partial charge < -0.3 is 30.4 Å². The summed E-state index contributed by atoms with van der Waals surface area (Å²) < 4.78 is 0. The van der Waals surface area contributed by atoms with Crippen molar-refractivity contribution in [2.45, 2.75) is 0 Å². The second-order valence-electron chi connectivity index (χ2n) is 4.18. The standard InChI is InChI=1S/2C8H9NO2.Cd/c2*10-8(11)6-9-7-4-2-1-3-5-7;/h2*1-5,9H,6H2,(H,10,11);/q;;+2/p-2. The summed E-state index contributed by atoms with van der Waals surface area (Å²) in [5, 5.41) is 25.4. The largest absolute Gasteiger partial charge is 2.00 e. The number of carboxylic acid groups (broad SMARTS) is 2. The Morgan fingerprint density at radius 2 is 1.00 bits per heavy atom. The van der Waals surface area contributed by atoms with Gasteiger partial charge >= 0.3 is 27.3 Å². The van der Waals surface area contributed by atoms with Crippen LogP contribution in [-0.2, 0) is 36.9 Å². The van der Waals surface area contributed by atoms with Crippen molar-refractivity contribution in [3.05, 3.63) is 60.7 Å². The van der Waals surface area contributed by atoms with Crippen LogP contribution in [0.25, 0.3) is 0 Å². The minimum atomic E-state index is -1.10. The van der Waals surface area contributed by atoms with E-state index >= 15 is 0 Å². The average Bonchev–Trinajstić information content (AvgIpc) is 2.53. The summed E-state index contributed by atoms with van der Waals surface area (Å²) in [5.74, 6) is -2.21. The first-order chi connectivity index (χ1) is 10.6. The zero-order valence-electron chi connectivity index (χ0n) is 12.5. The Hall–Kier alpha value is -2.10. The monoisotopic (exact) mass is 414 g/mol. The van der Waals surface area contributed by atoms with E-state index in [4.69, 9.17) is 0 Å². The molecule has 0 saturated carbocycles. The molecule has 6 nitrogen and oxygen atoms in total. The molecule has 2 aromatic carbocycles. The van der Waals surface area contributed by atoms with Crippen LogP contribution in [0, 0.1) is 0 Å². The molecule has 2 rings (SSSR count). The van der Waals surface area contributed by atoms with Gasteiger partial charge in [0.15, 0.2) is 0 Å². The van der Waals surface area contributed by atoms with Gasteiger partial charge in [-0.25, -0.2) is 0 Å². The summed E-state index contributed by atoms with van der Waals surface area (Å²) in [4.78, 5) is 20.0. The Balaban J connectivity index is 0.000000403. The van der Waals surface area contributed by atoms with Gasteiger partial charge in [0.05, 0.1) is 25.0 Å². The summed E-state index contributed by atoms with van der Waals surface area (Å²) in [6, 6.07) is 18.2. The van der Waals surface area contributed by atoms with Gasteiger partial charge in [-0.15, -0.1) is 0 Å². The quantitative estimate of drug-likeness (QED) is 0.631. The molecule has 7 heteroatoms. The van der Waals surface area contributed by atoms with Gasteiger partial charge in [0.1, 0.15) is 0 Å². The summed E-state index contributed by atoms with van der Waals surface area (Å²) in [5.41, 5.74) is 1.58. The predicted octanol–water partition coefficient (Wildman–Crippen LogP) is -0.306. The molecule has 0 fully saturated rings. The van der Waals surface area contributed by atoms with E-state index < -0.39 is 11.9 Å². The van der Waals surface area contributed by atoms with Gasteiger partial charge in [0.2, 0.25) is 0 Å². The van der Waals surface area contributed by atoms with Crippen molar-refractivity contribution >= 4 is 23.3 Å². The number of benzene rings is 2. The van der Waals surface area contributed by atoms with Crippen LogP contribution >= 0.6 is 0 Å². The maximum Gasteiger partial charge on any atom is 2.00 e. The molecule has 0 unspecified atom stereocenters. The SMILES string of the molecule is O=C([O-])CNc1ccccc1.O=C([O-])CNc1ccccc1.[Cd+2]. The van der Waals surface area contributed by atoms with E-state index in [2.05, 4.69) is 10.6 Å². The Kier molecular flexibility index (Phi) is 11.3. The van der Waals surface area contributed by atoms with E-state index in [0.717, 1.165) is 11.4 Å². The van der Waals surface area contributed by atoms with E-state index in [0.29, 0.717) is 0 Å². The molecule has 2 aromatic rings. The van der Waals surface area contributed by atoms with Crippen molar-refractivity contribution in [1.29, 1.82) is 0 Å². The molecule has 0 aromatic heterocycles. The Bertz CT molecular complexity index is 526. The number of aliphatic carboxylic acids is 2. The molecule has 0 atom stereocenters. The van der Waals surface area contributed by atoms with E-state index in [9.17, 15) is 19.8 Å². The number of nitrogens with one attached hydrogen (secondary N) is 2. The Morgan fingerprint density at radius 1 is 0.696 bits per heavy atom. The first-order valence-electron chi connectivity index (χ1n) is 6.55. The van der Waals surface area contributed by atoms with Gasteiger partial charge in [-0.1, -0.05) is 36.4 Å². The number of carboxylic acids is 2. The summed E-state index contributed by atoms with van der Waals surface area (Å²) >= 11 is 0. The smallest absolute Gasteiger partial charge is 0.548 e. The van der Waals surface area contributed by atoms with Crippen molar-refractivity contribution in [1.82, 2.24) is 0 Å². The first-order valence-corrected chi connectivity index (χ1v) is 6.55. The van der Waals surface area contributed by atoms with E-state index in [-0.39, 0.29) is 40.4 Å². The molecule has 0 aliphatic carbocycles. The third kappa shape index (κ3) is 11.2. The van der Waals surface area contributed by atoms with E-state index in [1.807, 2.05) is 36.4 Å². The number of hydrogen-bond donors (Lipinski definition) is 2. The summed E-state index contributed by atoms with van der Waals surface area (Å²) in [7, 11) is 0. The van der Waals surface area contributed by atoms with Crippen LogP contribution in [0.15, 0.2) is 60.7 Å². The number of hydrogen-bond acceptors (Lipinski definition) is 6. The molecule has 0 radical (unpaired) electrons. The molecular weight excluding hydrogens is 397 g/mol. The second-order valence-corrected chi connectivity index (χ2v) is 4.18. The molecule has 0 saturated heterocycles. The number of anilines is 2. The third-order valence-corrected chi connectivity index (χ3v) is 2.42. The van der Waals surface area contributed by atoms with Gasteiger partial charge in [-0.2, -0.15) is 0 Å². The van der Waals surface area contributed by atoms with Crippen molar-refractivity contribution in [2.75, 3.05) is 23.7 Å². The molecule has 0 aliphatic heterocycles. The molecule has 23 heavy (non-hydrogen) atoms. The fraction of sp³-hybridized carbons (Fsp3) is 0.125. The molecule has 116 valence electrons.